The summed E-state index contributed by atoms with van der Waals surface area (Å²) in [5.41, 5.74) is 3.21. The molecule has 7 aliphatic rings. The number of hydrogen-bond donors (Lipinski definition) is 2. The molecule has 8 rings (SSSR count). The lowest BCUT2D eigenvalue weighted by Gasteiger charge is -2.64. The third kappa shape index (κ3) is 2.32. The molecule has 3 fully saturated rings. The van der Waals surface area contributed by atoms with Crippen molar-refractivity contribution in [2.45, 2.75) is 93.4 Å². The summed E-state index contributed by atoms with van der Waals surface area (Å²) in [6, 6.07) is 3.84. The molecule has 180 valence electrons. The molecule has 34 heavy (non-hydrogen) atoms. The van der Waals surface area contributed by atoms with Crippen molar-refractivity contribution in [1.29, 1.82) is 0 Å². The van der Waals surface area contributed by atoms with Gasteiger partial charge in [0.15, 0.2) is 11.5 Å². The van der Waals surface area contributed by atoms with Crippen molar-refractivity contribution in [3.63, 3.8) is 0 Å². The van der Waals surface area contributed by atoms with Crippen molar-refractivity contribution in [1.82, 2.24) is 9.80 Å². The first kappa shape index (κ1) is 20.2. The Morgan fingerprint density at radius 1 is 1.12 bits per heavy atom. The van der Waals surface area contributed by atoms with Crippen LogP contribution in [0.25, 0.3) is 0 Å². The van der Waals surface area contributed by atoms with E-state index in [1.807, 2.05) is 0 Å². The minimum atomic E-state index is -0.886. The molecule has 1 amide bonds. The smallest absolute Gasteiger partial charge is 0.250 e. The Bertz CT molecular complexity index is 1140. The van der Waals surface area contributed by atoms with Gasteiger partial charge in [0.25, 0.3) is 0 Å². The monoisotopic (exact) mass is 462 g/mol. The lowest BCUT2D eigenvalue weighted by molar-refractivity contribution is -0.200. The number of phenols is 1. The van der Waals surface area contributed by atoms with E-state index in [4.69, 9.17) is 4.74 Å². The number of rotatable bonds is 3. The third-order valence-corrected chi connectivity index (χ3v) is 10.6. The fourth-order valence-electron chi connectivity index (χ4n) is 8.89. The molecular weight excluding hydrogens is 428 g/mol. The van der Waals surface area contributed by atoms with Crippen LogP contribution in [0.15, 0.2) is 23.3 Å². The number of piperidine rings is 1. The molecule has 6 nitrogen and oxygen atoms in total. The Labute approximate surface area is 200 Å². The summed E-state index contributed by atoms with van der Waals surface area (Å²) in [7, 11) is 0. The summed E-state index contributed by atoms with van der Waals surface area (Å²) in [5, 5.41) is 23.5. The molecule has 0 radical (unpaired) electrons. The molecule has 1 aromatic rings. The van der Waals surface area contributed by atoms with Gasteiger partial charge in [0.2, 0.25) is 5.91 Å². The maximum absolute atomic E-state index is 13.6. The van der Waals surface area contributed by atoms with E-state index >= 15 is 0 Å². The van der Waals surface area contributed by atoms with E-state index in [-0.39, 0.29) is 29.8 Å². The van der Waals surface area contributed by atoms with Gasteiger partial charge in [-0.25, -0.2) is 0 Å². The number of benzene rings is 1. The van der Waals surface area contributed by atoms with Crippen LogP contribution in [0.4, 0.5) is 0 Å². The van der Waals surface area contributed by atoms with Crippen molar-refractivity contribution in [2.24, 2.45) is 5.92 Å². The number of aliphatic hydroxyl groups is 1. The van der Waals surface area contributed by atoms with Crippen LogP contribution in [0.2, 0.25) is 0 Å². The van der Waals surface area contributed by atoms with E-state index in [9.17, 15) is 15.0 Å². The molecule has 1 spiro atoms. The number of aromatic hydroxyl groups is 1. The van der Waals surface area contributed by atoms with Gasteiger partial charge in [-0.1, -0.05) is 6.07 Å². The zero-order valence-corrected chi connectivity index (χ0v) is 19.8. The van der Waals surface area contributed by atoms with Gasteiger partial charge in [-0.2, -0.15) is 0 Å². The zero-order chi connectivity index (χ0) is 22.8. The second kappa shape index (κ2) is 6.58. The SMILES string of the molecule is O=C1C2=C(CCCC2)CN1[C@@H]1CC[C@@]2(O)[C@@H]3Cc4ccc(O)c5c4[C@@]2(CCN3CC2CC2)[C@H]1O5. The standard InChI is InChI=1S/C28H34N2O4/c31-21-8-7-17-13-22-28(33)10-9-20(30-15-18-3-1-2-4-19(18)26(30)32)25-27(28,23(17)24(21)34-25)11-12-29(22)14-16-5-6-16/h7-8,16,20,22,25,31,33H,1-6,9-15H2/t20-,22+,25+,27+,28-/m1/s1. The molecule has 3 heterocycles. The lowest BCUT2D eigenvalue weighted by atomic mass is 9.48. The molecule has 0 unspecified atom stereocenters. The Morgan fingerprint density at radius 2 is 1.97 bits per heavy atom. The normalized spacial score (nSPS) is 40.3. The average molecular weight is 463 g/mol. The third-order valence-electron chi connectivity index (χ3n) is 10.6. The van der Waals surface area contributed by atoms with E-state index < -0.39 is 11.0 Å². The molecule has 6 heteroatoms. The molecule has 0 aromatic heterocycles. The number of likely N-dealkylation sites (tertiary alicyclic amines) is 1. The average Bonchev–Trinajstić information content (AvgIpc) is 3.49. The maximum atomic E-state index is 13.6. The number of amides is 1. The van der Waals surface area contributed by atoms with Crippen molar-refractivity contribution < 1.29 is 19.7 Å². The van der Waals surface area contributed by atoms with E-state index in [1.54, 1.807) is 6.07 Å². The fourth-order valence-corrected chi connectivity index (χ4v) is 8.89. The Kier molecular flexibility index (Phi) is 3.90. The number of phenolic OH excluding ortho intramolecular Hbond substituents is 1. The Balaban J connectivity index is 1.24. The summed E-state index contributed by atoms with van der Waals surface area (Å²) >= 11 is 0. The highest BCUT2D eigenvalue weighted by molar-refractivity contribution is 5.97. The van der Waals surface area contributed by atoms with Crippen molar-refractivity contribution >= 4 is 5.91 Å². The van der Waals surface area contributed by atoms with Crippen molar-refractivity contribution in [3.05, 3.63) is 34.4 Å². The van der Waals surface area contributed by atoms with E-state index in [2.05, 4.69) is 15.9 Å². The highest BCUT2D eigenvalue weighted by Crippen LogP contribution is 2.66. The second-order valence-electron chi connectivity index (χ2n) is 12.1. The van der Waals surface area contributed by atoms with Gasteiger partial charge in [-0.05, 0) is 93.9 Å². The molecule has 1 aromatic carbocycles. The summed E-state index contributed by atoms with van der Waals surface area (Å²) in [6.07, 6.45) is 9.62. The van der Waals surface area contributed by atoms with E-state index in [1.165, 1.54) is 30.4 Å². The predicted octanol–water partition coefficient (Wildman–Crippen LogP) is 3.04. The minimum Gasteiger partial charge on any atom is -0.504 e. The highest BCUT2D eigenvalue weighted by atomic mass is 16.5. The van der Waals surface area contributed by atoms with Crippen LogP contribution in [0.5, 0.6) is 11.5 Å². The molecule has 2 N–H and O–H groups in total. The van der Waals surface area contributed by atoms with Crippen LogP contribution >= 0.6 is 0 Å². The largest absolute Gasteiger partial charge is 0.504 e. The first-order valence-electron chi connectivity index (χ1n) is 13.5. The van der Waals surface area contributed by atoms with Crippen LogP contribution in [0.1, 0.15) is 68.9 Å². The van der Waals surface area contributed by atoms with Gasteiger partial charge in [-0.3, -0.25) is 9.69 Å². The van der Waals surface area contributed by atoms with Gasteiger partial charge >= 0.3 is 0 Å². The Morgan fingerprint density at radius 3 is 2.79 bits per heavy atom. The lowest BCUT2D eigenvalue weighted by Crippen LogP contribution is -2.78. The van der Waals surface area contributed by atoms with E-state index in [0.29, 0.717) is 12.2 Å². The number of hydrogen-bond acceptors (Lipinski definition) is 5. The number of carbonyl (C=O) groups is 1. The van der Waals surface area contributed by atoms with Gasteiger partial charge in [0, 0.05) is 30.3 Å². The molecule has 1 saturated heterocycles. The van der Waals surface area contributed by atoms with Gasteiger partial charge in [0.05, 0.1) is 17.1 Å². The van der Waals surface area contributed by atoms with Gasteiger partial charge in [-0.15, -0.1) is 0 Å². The predicted molar refractivity (Wildman–Crippen MR) is 126 cm³/mol. The van der Waals surface area contributed by atoms with Gasteiger partial charge in [0.1, 0.15) is 6.10 Å². The highest BCUT2D eigenvalue weighted by Gasteiger charge is 2.73. The number of carbonyl (C=O) groups excluding carboxylic acids is 1. The molecule has 2 saturated carbocycles. The molecule has 2 bridgehead atoms. The molecule has 4 aliphatic carbocycles. The first-order chi connectivity index (χ1) is 16.5. The summed E-state index contributed by atoms with van der Waals surface area (Å²) in [4.78, 5) is 18.2. The second-order valence-corrected chi connectivity index (χ2v) is 12.1. The van der Waals surface area contributed by atoms with Crippen LogP contribution in [-0.4, -0.2) is 69.3 Å². The summed E-state index contributed by atoms with van der Waals surface area (Å²) < 4.78 is 6.69. The van der Waals surface area contributed by atoms with Crippen molar-refractivity contribution in [2.75, 3.05) is 19.6 Å². The topological polar surface area (TPSA) is 73.2 Å². The zero-order valence-electron chi connectivity index (χ0n) is 19.8. The molecule has 3 aliphatic heterocycles. The van der Waals surface area contributed by atoms with Crippen molar-refractivity contribution in [3.8, 4) is 11.5 Å². The summed E-state index contributed by atoms with van der Waals surface area (Å²) in [5.74, 6) is 1.73. The molecular formula is C28H34N2O4. The quantitative estimate of drug-likeness (QED) is 0.723. The van der Waals surface area contributed by atoms with Crippen LogP contribution in [-0.2, 0) is 16.6 Å². The van der Waals surface area contributed by atoms with E-state index in [0.717, 1.165) is 75.2 Å². The summed E-state index contributed by atoms with van der Waals surface area (Å²) in [6.45, 7) is 2.76. The number of nitrogens with zero attached hydrogens (tertiary/aromatic N) is 2. The minimum absolute atomic E-state index is 0.0632. The maximum Gasteiger partial charge on any atom is 0.250 e. The Hall–Kier alpha value is -2.05. The fraction of sp³-hybridized carbons (Fsp3) is 0.679. The van der Waals surface area contributed by atoms with Crippen LogP contribution in [0.3, 0.4) is 0 Å². The first-order valence-corrected chi connectivity index (χ1v) is 13.5. The van der Waals surface area contributed by atoms with Gasteiger partial charge < -0.3 is 19.8 Å². The molecule has 5 atom stereocenters. The van der Waals surface area contributed by atoms with Crippen LogP contribution in [0, 0.1) is 5.92 Å². The number of ether oxygens (including phenoxy) is 1. The van der Waals surface area contributed by atoms with Crippen LogP contribution < -0.4 is 4.74 Å².